The summed E-state index contributed by atoms with van der Waals surface area (Å²) in [6.45, 7) is 24.6. The summed E-state index contributed by atoms with van der Waals surface area (Å²) in [5.41, 5.74) is 4.44. The van der Waals surface area contributed by atoms with E-state index in [1.165, 1.54) is 144 Å². The van der Waals surface area contributed by atoms with Crippen molar-refractivity contribution < 1.29 is 85.8 Å². The van der Waals surface area contributed by atoms with Crippen molar-refractivity contribution in [3.8, 4) is 23.0 Å². The van der Waals surface area contributed by atoms with Crippen molar-refractivity contribution >= 4 is 59.7 Å². The van der Waals surface area contributed by atoms with Gasteiger partial charge in [-0.05, 0) is 310 Å². The van der Waals surface area contributed by atoms with Crippen molar-refractivity contribution in [1.29, 1.82) is 0 Å². The second kappa shape index (κ2) is 31.2. The molecule has 0 aromatic heterocycles. The van der Waals surface area contributed by atoms with Crippen molar-refractivity contribution in [2.45, 2.75) is 235 Å². The lowest BCUT2D eigenvalue weighted by Crippen LogP contribution is -2.59. The Morgan fingerprint density at radius 1 is 0.373 bits per heavy atom. The molecule has 19 unspecified atom stereocenters. The summed E-state index contributed by atoms with van der Waals surface area (Å²) in [5.74, 6) is 3.77. The minimum Gasteiger partial charge on any atom is -0.459 e. The summed E-state index contributed by atoms with van der Waals surface area (Å²) >= 11 is 0. The van der Waals surface area contributed by atoms with E-state index in [-0.39, 0.29) is 83.2 Å². The van der Waals surface area contributed by atoms with Crippen LogP contribution in [0, 0.1) is 105 Å². The Hall–Kier alpha value is -9.58. The van der Waals surface area contributed by atoms with Crippen LogP contribution in [0.15, 0.2) is 121 Å². The van der Waals surface area contributed by atoms with Gasteiger partial charge in [-0.15, -0.1) is 0 Å². The third-order valence-electron chi connectivity index (χ3n) is 32.5. The highest BCUT2D eigenvalue weighted by Gasteiger charge is 2.66. The van der Waals surface area contributed by atoms with E-state index in [2.05, 4.69) is 99.6 Å². The minimum atomic E-state index is -0.783. The fourth-order valence-corrected chi connectivity index (χ4v) is 27.0. The van der Waals surface area contributed by atoms with Crippen LogP contribution in [0.25, 0.3) is 0 Å². The topological polar surface area (TPSA) is 245 Å². The molecule has 0 saturated heterocycles. The van der Waals surface area contributed by atoms with Gasteiger partial charge >= 0.3 is 59.7 Å². The lowest BCUT2D eigenvalue weighted by atomic mass is 9.39. The summed E-state index contributed by atoms with van der Waals surface area (Å²) in [6.07, 6.45) is 25.5. The quantitative estimate of drug-likeness (QED) is 0.0392. The van der Waals surface area contributed by atoms with Gasteiger partial charge in [-0.3, -0.25) is 0 Å². The molecule has 8 saturated carbocycles. The van der Waals surface area contributed by atoms with Gasteiger partial charge in [0.25, 0.3) is 0 Å². The molecular weight excluding hydrogens is 1490 g/mol. The van der Waals surface area contributed by atoms with E-state index in [4.69, 9.17) is 37.9 Å². The van der Waals surface area contributed by atoms with E-state index in [1.807, 2.05) is 18.2 Å². The number of rotatable bonds is 20. The van der Waals surface area contributed by atoms with Crippen molar-refractivity contribution in [1.82, 2.24) is 0 Å². The molecule has 4 heterocycles. The average molecular weight is 1600 g/mol. The Morgan fingerprint density at radius 3 is 1.34 bits per heavy atom. The second-order valence-corrected chi connectivity index (χ2v) is 39.3. The van der Waals surface area contributed by atoms with Crippen LogP contribution < -0.4 is 9.47 Å². The summed E-state index contributed by atoms with van der Waals surface area (Å²) in [4.78, 5) is 125. The lowest BCUT2D eigenvalue weighted by molar-refractivity contribution is -0.174. The Bertz CT molecular complexity index is 5070. The molecule has 6 aromatic rings. The molecule has 620 valence electrons. The summed E-state index contributed by atoms with van der Waals surface area (Å²) in [5, 5.41) is 0. The molecule has 18 rings (SSSR count). The first-order valence-corrected chi connectivity index (χ1v) is 44.1. The second-order valence-electron chi connectivity index (χ2n) is 39.3. The molecule has 8 aliphatic carbocycles. The van der Waals surface area contributed by atoms with Gasteiger partial charge in [-0.2, -0.15) is 0 Å². The Labute approximate surface area is 692 Å². The Balaban J connectivity index is 0.000000171. The van der Waals surface area contributed by atoms with Gasteiger partial charge in [-0.1, -0.05) is 138 Å². The number of hydrogen-bond donors (Lipinski definition) is 0. The zero-order chi connectivity index (χ0) is 82.8. The molecule has 0 radical (unpaired) electrons. The number of benzene rings is 6. The van der Waals surface area contributed by atoms with E-state index in [0.717, 1.165) is 68.1 Å². The highest BCUT2D eigenvalue weighted by Crippen LogP contribution is 2.73. The predicted molar refractivity (Wildman–Crippen MR) is 438 cm³/mol. The van der Waals surface area contributed by atoms with Crippen molar-refractivity contribution in [2.75, 3.05) is 0 Å². The molecule has 0 N–H and O–H groups in total. The van der Waals surface area contributed by atoms with E-state index in [0.29, 0.717) is 88.6 Å². The molecule has 4 aliphatic heterocycles. The number of cyclic esters (lactones) is 8. The maximum atomic E-state index is 14.0. The molecule has 0 bridgehead atoms. The molecule has 0 spiro atoms. The fraction of sp³-hybridized carbons (Fsp3) is 0.540. The summed E-state index contributed by atoms with van der Waals surface area (Å²) in [7, 11) is 0. The Morgan fingerprint density at radius 2 is 0.814 bits per heavy atom. The van der Waals surface area contributed by atoms with Crippen LogP contribution >= 0.6 is 0 Å². The maximum Gasteiger partial charge on any atom is 0.347 e. The summed E-state index contributed by atoms with van der Waals surface area (Å²) in [6, 6.07) is 35.4. The van der Waals surface area contributed by atoms with E-state index >= 15 is 0 Å². The average Bonchev–Trinajstić information content (AvgIpc) is 1.15. The van der Waals surface area contributed by atoms with Crippen LogP contribution in [0.5, 0.6) is 23.0 Å². The van der Waals surface area contributed by atoms with Crippen LogP contribution in [0.3, 0.4) is 0 Å². The molecule has 6 aromatic carbocycles. The van der Waals surface area contributed by atoms with Gasteiger partial charge in [0, 0.05) is 11.3 Å². The zero-order valence-corrected chi connectivity index (χ0v) is 69.9. The molecule has 19 atom stereocenters. The number of ether oxygens (including phenoxy) is 8. The molecule has 8 fully saturated rings. The fourth-order valence-electron chi connectivity index (χ4n) is 27.0. The largest absolute Gasteiger partial charge is 0.459 e. The van der Waals surface area contributed by atoms with Crippen molar-refractivity contribution in [3.63, 3.8) is 0 Å². The van der Waals surface area contributed by atoms with Gasteiger partial charge in [0.05, 0.1) is 55.6 Å². The van der Waals surface area contributed by atoms with Gasteiger partial charge in [0.2, 0.25) is 0 Å². The molecule has 18 nitrogen and oxygen atoms in total. The number of esters is 10. The molecule has 0 amide bonds. The smallest absolute Gasteiger partial charge is 0.347 e. The van der Waals surface area contributed by atoms with Gasteiger partial charge in [0.15, 0.2) is 0 Å². The Kier molecular flexibility index (Phi) is 21.4. The standard InChI is InChI=1S/C55H60O8.C45H52O10/c1-32(2)9-6-10-33(3)45-22-23-46-42-21-24-48-54(5,47(42)25-28-53(45,46)4)26-8-27-55(48,34-13-15-36(16-14-34)60-38-17-19-40-43(30-38)51(58)62-49(40)56)35-11-7-12-37(29-35)61-39-18-20-41-44(31-39)52(59)63-50(41)57;1-23(2)7-6-8-24(3)33-13-14-34-32-22-37(53-39(47)26-10-12-29-31(20-26)43(51)55-41(29)49)36-21-27(15-17-45(36,5)35(32)16-18-44(33,34)4)52-38(46)25-9-11-28-30(19-25)42(50)54-40(28)48/h7,11-20,29-33,42,45-48H,6,8-10,21-28H2,1-5H3;9-12,19-20,23-24,27,32-37H,6-8,13-18,21-22H2,1-5H3. The molecule has 118 heavy (non-hydrogen) atoms. The monoisotopic (exact) mass is 1600 g/mol. The van der Waals surface area contributed by atoms with Crippen molar-refractivity contribution in [3.05, 3.63) is 188 Å². The van der Waals surface area contributed by atoms with E-state index in [1.54, 1.807) is 36.4 Å². The molecular formula is C100H112O18. The SMILES string of the molecule is CC(C)CCCC(C)C1CCC2C3CC(OC(=O)c4ccc5c(c4)C(=O)OC5=O)C4CC(OC(=O)c5ccc6c(c5)C(=O)OC6=O)CCC4(C)C3CCC12C.CC(C)CCCC(C)C1CCC2C3CCC4C(c5ccc(Oc6ccc7c(c6)C(=O)OC7=O)cc5)(c5cccc(Oc6ccc7c(c6)C(=O)OC7=O)c5)CCCC4(C)C3CCC12C. The van der Waals surface area contributed by atoms with Crippen LogP contribution in [0.2, 0.25) is 0 Å². The van der Waals surface area contributed by atoms with Crippen LogP contribution in [0.1, 0.15) is 332 Å². The molecule has 18 heteroatoms. The van der Waals surface area contributed by atoms with Gasteiger partial charge in [0.1, 0.15) is 35.2 Å². The minimum absolute atomic E-state index is 0.0496. The van der Waals surface area contributed by atoms with Crippen molar-refractivity contribution in [2.24, 2.45) is 105 Å². The number of fused-ring (bicyclic) bond motifs is 14. The van der Waals surface area contributed by atoms with Crippen LogP contribution in [-0.4, -0.2) is 71.9 Å². The highest BCUT2D eigenvalue weighted by molar-refractivity contribution is 6.17. The van der Waals surface area contributed by atoms with Gasteiger partial charge in [-0.25, -0.2) is 47.9 Å². The lowest BCUT2D eigenvalue weighted by Gasteiger charge is -2.65. The highest BCUT2D eigenvalue weighted by atomic mass is 16.6. The third kappa shape index (κ3) is 14.1. The number of carbonyl (C=O) groups excluding carboxylic acids is 10. The van der Waals surface area contributed by atoms with E-state index < -0.39 is 71.9 Å². The predicted octanol–water partition coefficient (Wildman–Crippen LogP) is 22.1. The van der Waals surface area contributed by atoms with Gasteiger partial charge < -0.3 is 37.9 Å². The summed E-state index contributed by atoms with van der Waals surface area (Å²) < 4.78 is 44.6. The van der Waals surface area contributed by atoms with E-state index in [9.17, 15) is 47.9 Å². The third-order valence-corrected chi connectivity index (χ3v) is 32.5. The maximum absolute atomic E-state index is 14.0. The molecule has 12 aliphatic rings. The number of hydrogen-bond acceptors (Lipinski definition) is 18. The normalized spacial score (nSPS) is 32.3. The number of carbonyl (C=O) groups is 10. The van der Waals surface area contributed by atoms with Crippen LogP contribution in [-0.2, 0) is 33.8 Å². The van der Waals surface area contributed by atoms with Crippen LogP contribution in [0.4, 0.5) is 0 Å². The first-order valence-electron chi connectivity index (χ1n) is 44.1. The zero-order valence-electron chi connectivity index (χ0n) is 69.9. The first-order chi connectivity index (χ1) is 56.5. The first kappa shape index (κ1) is 80.8.